The standard InChI is InChI=1S/C29H35P/c30-25-17-6-4-2-1-3-5-16-24-29(26-18-10-7-11-19-26,27-20-12-8-13-21-27)28-22-14-9-15-23-28/h7-15,18-23,25,30H,1-6,16-17,24H2. The second-order valence-electron chi connectivity index (χ2n) is 8.22. The molecule has 1 heteroatoms. The van der Waals surface area contributed by atoms with E-state index < -0.39 is 0 Å². The molecule has 0 aliphatic rings. The highest BCUT2D eigenvalue weighted by atomic mass is 31.0. The van der Waals surface area contributed by atoms with Gasteiger partial charge in [0.05, 0.1) is 0 Å². The molecule has 0 radical (unpaired) electrons. The fraction of sp³-hybridized carbons (Fsp3) is 0.345. The van der Waals surface area contributed by atoms with Crippen molar-refractivity contribution in [2.24, 2.45) is 0 Å². The smallest absolute Gasteiger partial charge is 0.0451 e. The lowest BCUT2D eigenvalue weighted by molar-refractivity contribution is 0.496. The van der Waals surface area contributed by atoms with Crippen LogP contribution in [-0.2, 0) is 5.41 Å². The molecule has 0 bridgehead atoms. The van der Waals surface area contributed by atoms with Crippen LogP contribution >= 0.6 is 8.86 Å². The van der Waals surface area contributed by atoms with E-state index in [2.05, 4.69) is 106 Å². The molecule has 0 aliphatic heterocycles. The summed E-state index contributed by atoms with van der Waals surface area (Å²) in [6.45, 7) is 0. The van der Waals surface area contributed by atoms with Crippen molar-refractivity contribution in [2.45, 2.75) is 63.2 Å². The maximum atomic E-state index is 3.45. The maximum absolute atomic E-state index is 3.45. The second kappa shape index (κ2) is 12.5. The summed E-state index contributed by atoms with van der Waals surface area (Å²) in [5.41, 5.74) is 4.10. The molecule has 0 aliphatic carbocycles. The van der Waals surface area contributed by atoms with Crippen molar-refractivity contribution in [3.8, 4) is 0 Å². The van der Waals surface area contributed by atoms with E-state index in [0.717, 1.165) is 6.42 Å². The molecular weight excluding hydrogens is 379 g/mol. The van der Waals surface area contributed by atoms with Gasteiger partial charge in [-0.15, -0.1) is 8.86 Å². The Hall–Kier alpha value is -2.17. The number of rotatable bonds is 13. The highest BCUT2D eigenvalue weighted by Crippen LogP contribution is 2.43. The van der Waals surface area contributed by atoms with Gasteiger partial charge in [-0.3, -0.25) is 0 Å². The van der Waals surface area contributed by atoms with Crippen molar-refractivity contribution in [1.29, 1.82) is 0 Å². The molecule has 0 saturated carbocycles. The highest BCUT2D eigenvalue weighted by Gasteiger charge is 2.35. The number of unbranched alkanes of at least 4 members (excludes halogenated alkanes) is 7. The van der Waals surface area contributed by atoms with E-state index in [0.29, 0.717) is 0 Å². The van der Waals surface area contributed by atoms with Gasteiger partial charge in [0.2, 0.25) is 0 Å². The Balaban J connectivity index is 1.77. The fourth-order valence-electron chi connectivity index (χ4n) is 4.62. The second-order valence-corrected chi connectivity index (χ2v) is 8.63. The number of hydrogen-bond donors (Lipinski definition) is 0. The van der Waals surface area contributed by atoms with Crippen LogP contribution in [-0.4, -0.2) is 5.80 Å². The zero-order valence-corrected chi connectivity index (χ0v) is 19.1. The van der Waals surface area contributed by atoms with Crippen molar-refractivity contribution >= 4 is 14.7 Å². The zero-order chi connectivity index (χ0) is 20.9. The highest BCUT2D eigenvalue weighted by molar-refractivity contribution is 7.18. The molecule has 0 amide bonds. The van der Waals surface area contributed by atoms with Crippen LogP contribution in [0.2, 0.25) is 0 Å². The molecule has 3 aromatic carbocycles. The predicted octanol–water partition coefficient (Wildman–Crippen LogP) is 8.48. The number of benzene rings is 3. The largest absolute Gasteiger partial charge is 0.127 e. The lowest BCUT2D eigenvalue weighted by Gasteiger charge is -2.36. The zero-order valence-electron chi connectivity index (χ0n) is 18.1. The van der Waals surface area contributed by atoms with Crippen LogP contribution < -0.4 is 0 Å². The van der Waals surface area contributed by atoms with Crippen LogP contribution in [0.25, 0.3) is 0 Å². The summed E-state index contributed by atoms with van der Waals surface area (Å²) in [5.74, 6) is 2.09. The third-order valence-electron chi connectivity index (χ3n) is 6.20. The summed E-state index contributed by atoms with van der Waals surface area (Å²) in [5, 5.41) is 0. The lowest BCUT2D eigenvalue weighted by atomic mass is 9.66. The summed E-state index contributed by atoms with van der Waals surface area (Å²) >= 11 is 0. The Kier molecular flexibility index (Phi) is 9.39. The normalized spacial score (nSPS) is 11.3. The molecule has 0 unspecified atom stereocenters. The summed E-state index contributed by atoms with van der Waals surface area (Å²) < 4.78 is 0. The van der Waals surface area contributed by atoms with Crippen LogP contribution in [0.3, 0.4) is 0 Å². The Bertz CT molecular complexity index is 743. The first kappa shape index (κ1) is 22.5. The predicted molar refractivity (Wildman–Crippen MR) is 135 cm³/mol. The van der Waals surface area contributed by atoms with Crippen LogP contribution in [0.5, 0.6) is 0 Å². The van der Waals surface area contributed by atoms with E-state index in [-0.39, 0.29) is 5.41 Å². The first-order valence-corrected chi connectivity index (χ1v) is 12.1. The van der Waals surface area contributed by atoms with E-state index in [1.54, 1.807) is 0 Å². The Morgan fingerprint density at radius 3 is 1.27 bits per heavy atom. The van der Waals surface area contributed by atoms with Gasteiger partial charge in [-0.05, 0) is 36.0 Å². The third kappa shape index (κ3) is 5.93. The molecule has 0 spiro atoms. The summed E-state index contributed by atoms with van der Waals surface area (Å²) in [6, 6.07) is 33.3. The van der Waals surface area contributed by atoms with E-state index in [9.17, 15) is 0 Å². The van der Waals surface area contributed by atoms with Crippen molar-refractivity contribution in [2.75, 3.05) is 0 Å². The molecule has 0 N–H and O–H groups in total. The molecule has 0 saturated heterocycles. The minimum atomic E-state index is -0.0880. The first-order valence-electron chi connectivity index (χ1n) is 11.5. The molecule has 0 fully saturated rings. The molecule has 30 heavy (non-hydrogen) atoms. The monoisotopic (exact) mass is 414 g/mol. The third-order valence-corrected chi connectivity index (χ3v) is 6.49. The van der Waals surface area contributed by atoms with Gasteiger partial charge in [-0.1, -0.05) is 135 Å². The summed E-state index contributed by atoms with van der Waals surface area (Å²) in [6.07, 6.45) is 11.6. The molecular formula is C29H35P. The molecule has 0 heterocycles. The molecule has 0 nitrogen and oxygen atoms in total. The average molecular weight is 415 g/mol. The van der Waals surface area contributed by atoms with Crippen LogP contribution in [0.15, 0.2) is 91.0 Å². The van der Waals surface area contributed by atoms with Crippen molar-refractivity contribution < 1.29 is 0 Å². The Morgan fingerprint density at radius 2 is 0.867 bits per heavy atom. The van der Waals surface area contributed by atoms with Gasteiger partial charge < -0.3 is 0 Å². The minimum Gasteiger partial charge on any atom is -0.127 e. The minimum absolute atomic E-state index is 0.0880. The van der Waals surface area contributed by atoms with E-state index in [1.165, 1.54) is 68.1 Å². The molecule has 0 aromatic heterocycles. The van der Waals surface area contributed by atoms with Crippen molar-refractivity contribution in [3.63, 3.8) is 0 Å². The van der Waals surface area contributed by atoms with Gasteiger partial charge in [-0.25, -0.2) is 0 Å². The molecule has 3 aromatic rings. The summed E-state index contributed by atoms with van der Waals surface area (Å²) in [4.78, 5) is 0. The van der Waals surface area contributed by atoms with Crippen molar-refractivity contribution in [1.82, 2.24) is 0 Å². The van der Waals surface area contributed by atoms with Crippen LogP contribution in [0.1, 0.15) is 74.5 Å². The van der Waals surface area contributed by atoms with E-state index >= 15 is 0 Å². The molecule has 3 rings (SSSR count). The van der Waals surface area contributed by atoms with Crippen LogP contribution in [0.4, 0.5) is 0 Å². The van der Waals surface area contributed by atoms with Gasteiger partial charge in [0, 0.05) is 5.41 Å². The van der Waals surface area contributed by atoms with Gasteiger partial charge in [0.25, 0.3) is 0 Å². The first-order chi connectivity index (χ1) is 14.9. The summed E-state index contributed by atoms with van der Waals surface area (Å²) in [7, 11) is 3.45. The van der Waals surface area contributed by atoms with Gasteiger partial charge in [0.15, 0.2) is 0 Å². The van der Waals surface area contributed by atoms with E-state index in [4.69, 9.17) is 0 Å². The molecule has 156 valence electrons. The van der Waals surface area contributed by atoms with E-state index in [1.807, 2.05) is 0 Å². The average Bonchev–Trinajstić information content (AvgIpc) is 2.82. The Labute approximate surface area is 185 Å². The number of hydrogen-bond acceptors (Lipinski definition) is 0. The van der Waals surface area contributed by atoms with Crippen LogP contribution in [0, 0.1) is 0 Å². The lowest BCUT2D eigenvalue weighted by Crippen LogP contribution is -2.29. The Morgan fingerprint density at radius 1 is 0.500 bits per heavy atom. The van der Waals surface area contributed by atoms with Gasteiger partial charge in [-0.2, -0.15) is 0 Å². The topological polar surface area (TPSA) is 0 Å². The molecule has 0 atom stereocenters. The fourth-order valence-corrected chi connectivity index (χ4v) is 4.83. The van der Waals surface area contributed by atoms with Gasteiger partial charge in [0.1, 0.15) is 0 Å². The quantitative estimate of drug-likeness (QED) is 0.149. The van der Waals surface area contributed by atoms with Crippen molar-refractivity contribution in [3.05, 3.63) is 108 Å². The van der Waals surface area contributed by atoms with Gasteiger partial charge >= 0.3 is 0 Å². The maximum Gasteiger partial charge on any atom is 0.0451 e. The SMILES string of the molecule is P=CCCCCCCCCCC(c1ccccc1)(c1ccccc1)c1ccccc1.